The van der Waals surface area contributed by atoms with Gasteiger partial charge in [0.2, 0.25) is 5.91 Å². The van der Waals surface area contributed by atoms with Gasteiger partial charge in [0, 0.05) is 12.5 Å². The van der Waals surface area contributed by atoms with Gasteiger partial charge in [0.15, 0.2) is 0 Å². The average Bonchev–Trinajstić information content (AvgIpc) is 2.63. The van der Waals surface area contributed by atoms with Crippen LogP contribution < -0.4 is 11.1 Å². The zero-order valence-corrected chi connectivity index (χ0v) is 18.1. The molecule has 0 saturated carbocycles. The van der Waals surface area contributed by atoms with Crippen LogP contribution in [0, 0.1) is 0 Å². The summed E-state index contributed by atoms with van der Waals surface area (Å²) in [5, 5.41) is 2.99. The molecule has 0 heterocycles. The average molecular weight is 385 g/mol. The second kappa shape index (κ2) is 18.1. The van der Waals surface area contributed by atoms with Crippen LogP contribution in [0.3, 0.4) is 0 Å². The van der Waals surface area contributed by atoms with Gasteiger partial charge >= 0.3 is 6.09 Å². The van der Waals surface area contributed by atoms with Gasteiger partial charge in [0.05, 0.1) is 0 Å². The maximum absolute atomic E-state index is 12.4. The topological polar surface area (TPSA) is 81.4 Å². The molecule has 0 fully saturated rings. The molecule has 5 heteroatoms. The number of hydrogen-bond donors (Lipinski definition) is 2. The van der Waals surface area contributed by atoms with E-state index in [1.165, 1.54) is 32.1 Å². The van der Waals surface area contributed by atoms with Crippen molar-refractivity contribution in [3.63, 3.8) is 0 Å². The van der Waals surface area contributed by atoms with Crippen LogP contribution in [0.5, 0.6) is 0 Å². The Labute approximate surface area is 167 Å². The highest BCUT2D eigenvalue weighted by molar-refractivity contribution is 5.74. The van der Waals surface area contributed by atoms with Crippen molar-refractivity contribution in [1.29, 1.82) is 0 Å². The number of carbonyl (C=O) groups is 2. The van der Waals surface area contributed by atoms with Crippen LogP contribution in [0.25, 0.3) is 0 Å². The number of amides is 2. The third-order valence-electron chi connectivity index (χ3n) is 5.00. The molecular formula is C22H44N2O3. The summed E-state index contributed by atoms with van der Waals surface area (Å²) in [7, 11) is 0. The highest BCUT2D eigenvalue weighted by Gasteiger charge is 2.18. The number of rotatable bonds is 18. The van der Waals surface area contributed by atoms with Crippen LogP contribution in [0.2, 0.25) is 0 Å². The molecule has 0 bridgehead atoms. The number of unbranched alkanes of at least 4 members (excludes halogenated alkanes) is 7. The third kappa shape index (κ3) is 16.6. The van der Waals surface area contributed by atoms with Crippen molar-refractivity contribution in [3.8, 4) is 0 Å². The van der Waals surface area contributed by atoms with E-state index in [0.717, 1.165) is 51.4 Å². The first-order valence-corrected chi connectivity index (χ1v) is 11.3. The Bertz CT molecular complexity index is 375. The standard InChI is InChI=1S/C22H44N2O3/c1-4-7-10-11-13-14-19(17-18-21(23)25)24-22(26)27-20(15-9-6-3)16-12-8-5-2/h19-20H,4-18H2,1-3H3,(H2,23,25)(H,24,26). The molecule has 2 atom stereocenters. The molecular weight excluding hydrogens is 340 g/mol. The van der Waals surface area contributed by atoms with E-state index in [-0.39, 0.29) is 24.1 Å². The van der Waals surface area contributed by atoms with Crippen molar-refractivity contribution in [1.82, 2.24) is 5.32 Å². The highest BCUT2D eigenvalue weighted by Crippen LogP contribution is 2.15. The Morgan fingerprint density at radius 2 is 1.33 bits per heavy atom. The van der Waals surface area contributed by atoms with Crippen LogP contribution in [-0.4, -0.2) is 24.1 Å². The summed E-state index contributed by atoms with van der Waals surface area (Å²) >= 11 is 0. The van der Waals surface area contributed by atoms with Gasteiger partial charge in [-0.05, 0) is 32.1 Å². The van der Waals surface area contributed by atoms with Gasteiger partial charge in [-0.2, -0.15) is 0 Å². The summed E-state index contributed by atoms with van der Waals surface area (Å²) in [6.07, 6.45) is 14.8. The Morgan fingerprint density at radius 3 is 1.96 bits per heavy atom. The highest BCUT2D eigenvalue weighted by atomic mass is 16.6. The molecule has 2 amide bonds. The minimum absolute atomic E-state index is 0.00200. The van der Waals surface area contributed by atoms with Gasteiger partial charge in [-0.25, -0.2) is 4.79 Å². The molecule has 0 aliphatic carbocycles. The lowest BCUT2D eigenvalue weighted by atomic mass is 10.0. The molecule has 3 N–H and O–H groups in total. The van der Waals surface area contributed by atoms with Crippen molar-refractivity contribution in [2.24, 2.45) is 5.73 Å². The summed E-state index contributed by atoms with van der Waals surface area (Å²) in [5.41, 5.74) is 5.29. The first kappa shape index (κ1) is 25.7. The minimum Gasteiger partial charge on any atom is -0.446 e. The molecule has 2 unspecified atom stereocenters. The van der Waals surface area contributed by atoms with E-state index in [0.29, 0.717) is 12.8 Å². The van der Waals surface area contributed by atoms with Gasteiger partial charge in [-0.3, -0.25) is 4.79 Å². The van der Waals surface area contributed by atoms with Gasteiger partial charge in [-0.15, -0.1) is 0 Å². The fourth-order valence-electron chi connectivity index (χ4n) is 3.27. The zero-order valence-electron chi connectivity index (χ0n) is 18.1. The molecule has 0 saturated heterocycles. The molecule has 0 spiro atoms. The second-order valence-corrected chi connectivity index (χ2v) is 7.71. The maximum Gasteiger partial charge on any atom is 0.407 e. The Morgan fingerprint density at radius 1 is 0.778 bits per heavy atom. The van der Waals surface area contributed by atoms with Crippen LogP contribution in [0.1, 0.15) is 117 Å². The number of nitrogens with two attached hydrogens (primary N) is 1. The number of alkyl carbamates (subject to hydrolysis) is 1. The molecule has 0 aromatic rings. The maximum atomic E-state index is 12.4. The normalized spacial score (nSPS) is 13.1. The minimum atomic E-state index is -0.337. The van der Waals surface area contributed by atoms with E-state index in [4.69, 9.17) is 10.5 Å². The Balaban J connectivity index is 4.44. The van der Waals surface area contributed by atoms with Crippen molar-refractivity contribution in [2.75, 3.05) is 0 Å². The van der Waals surface area contributed by atoms with Crippen molar-refractivity contribution < 1.29 is 14.3 Å². The second-order valence-electron chi connectivity index (χ2n) is 7.71. The van der Waals surface area contributed by atoms with Gasteiger partial charge in [0.25, 0.3) is 0 Å². The Kier molecular flexibility index (Phi) is 17.3. The van der Waals surface area contributed by atoms with Gasteiger partial charge in [-0.1, -0.05) is 78.6 Å². The smallest absolute Gasteiger partial charge is 0.407 e. The summed E-state index contributed by atoms with van der Waals surface area (Å²) in [6, 6.07) is -0.0332. The lowest BCUT2D eigenvalue weighted by Crippen LogP contribution is -2.38. The molecule has 160 valence electrons. The van der Waals surface area contributed by atoms with Crippen LogP contribution in [-0.2, 0) is 9.53 Å². The van der Waals surface area contributed by atoms with Crippen molar-refractivity contribution >= 4 is 12.0 Å². The van der Waals surface area contributed by atoms with E-state index in [2.05, 4.69) is 26.1 Å². The molecule has 0 aliphatic rings. The predicted molar refractivity (Wildman–Crippen MR) is 113 cm³/mol. The van der Waals surface area contributed by atoms with E-state index in [1.807, 2.05) is 0 Å². The van der Waals surface area contributed by atoms with Gasteiger partial charge < -0.3 is 15.8 Å². The van der Waals surface area contributed by atoms with E-state index >= 15 is 0 Å². The molecule has 5 nitrogen and oxygen atoms in total. The fourth-order valence-corrected chi connectivity index (χ4v) is 3.27. The lowest BCUT2D eigenvalue weighted by molar-refractivity contribution is -0.118. The molecule has 0 radical (unpaired) electrons. The van der Waals surface area contributed by atoms with Crippen molar-refractivity contribution in [3.05, 3.63) is 0 Å². The SMILES string of the molecule is CCCCCCCC(CCC(N)=O)NC(=O)OC(CCCC)CCCCC. The van der Waals surface area contributed by atoms with Crippen LogP contribution in [0.15, 0.2) is 0 Å². The quantitative estimate of drug-likeness (QED) is 0.291. The summed E-state index contributed by atoms with van der Waals surface area (Å²) in [5.74, 6) is -0.318. The number of carbonyl (C=O) groups excluding carboxylic acids is 2. The Hall–Kier alpha value is -1.26. The van der Waals surface area contributed by atoms with Crippen molar-refractivity contribution in [2.45, 2.75) is 129 Å². The largest absolute Gasteiger partial charge is 0.446 e. The molecule has 0 aromatic carbocycles. The fraction of sp³-hybridized carbons (Fsp3) is 0.909. The van der Waals surface area contributed by atoms with Crippen LogP contribution in [0.4, 0.5) is 4.79 Å². The van der Waals surface area contributed by atoms with E-state index in [1.54, 1.807) is 0 Å². The first-order chi connectivity index (χ1) is 13.0. The third-order valence-corrected chi connectivity index (χ3v) is 5.00. The summed E-state index contributed by atoms with van der Waals surface area (Å²) in [6.45, 7) is 6.53. The molecule has 0 rings (SSSR count). The summed E-state index contributed by atoms with van der Waals surface area (Å²) < 4.78 is 5.72. The molecule has 0 aromatic heterocycles. The summed E-state index contributed by atoms with van der Waals surface area (Å²) in [4.78, 5) is 23.5. The first-order valence-electron chi connectivity index (χ1n) is 11.3. The number of primary amides is 1. The molecule has 0 aliphatic heterocycles. The number of hydrogen-bond acceptors (Lipinski definition) is 3. The lowest BCUT2D eigenvalue weighted by Gasteiger charge is -2.22. The predicted octanol–water partition coefficient (Wildman–Crippen LogP) is 5.85. The number of ether oxygens (including phenoxy) is 1. The van der Waals surface area contributed by atoms with Gasteiger partial charge in [0.1, 0.15) is 6.10 Å². The monoisotopic (exact) mass is 384 g/mol. The number of nitrogens with one attached hydrogen (secondary N) is 1. The van der Waals surface area contributed by atoms with E-state index in [9.17, 15) is 9.59 Å². The molecule has 27 heavy (non-hydrogen) atoms. The zero-order chi connectivity index (χ0) is 20.3. The van der Waals surface area contributed by atoms with Crippen LogP contribution >= 0.6 is 0 Å². The van der Waals surface area contributed by atoms with E-state index < -0.39 is 0 Å².